The first-order valence-corrected chi connectivity index (χ1v) is 11.7. The number of hydrogen-bond donors (Lipinski definition) is 0. The normalized spacial score (nSPS) is 12.9. The zero-order valence-corrected chi connectivity index (χ0v) is 18.1. The first kappa shape index (κ1) is 20.0. The van der Waals surface area contributed by atoms with E-state index in [0.29, 0.717) is 5.56 Å². The second-order valence-corrected chi connectivity index (χ2v) is 10.4. The summed E-state index contributed by atoms with van der Waals surface area (Å²) in [6, 6.07) is 14.5. The zero-order chi connectivity index (χ0) is 19.6. The van der Waals surface area contributed by atoms with Crippen LogP contribution < -0.4 is 0 Å². The molecule has 0 spiro atoms. The molecule has 0 aliphatic rings. The number of amides is 1. The van der Waals surface area contributed by atoms with Crippen LogP contribution in [0.15, 0.2) is 53.0 Å². The van der Waals surface area contributed by atoms with Crippen LogP contribution in [0, 0.1) is 0 Å². The van der Waals surface area contributed by atoms with E-state index in [1.807, 2.05) is 31.2 Å². The molecule has 3 aromatic rings. The topological polar surface area (TPSA) is 67.3 Å². The molecule has 0 bridgehead atoms. The predicted molar refractivity (Wildman–Crippen MR) is 112 cm³/mol. The molecule has 0 fully saturated rings. The van der Waals surface area contributed by atoms with Gasteiger partial charge in [-0.25, -0.2) is 13.4 Å². The number of nitrogens with zero attached hydrogens (tertiary/aromatic N) is 2. The molecule has 142 valence electrons. The maximum atomic E-state index is 12.5. The zero-order valence-electron chi connectivity index (χ0n) is 14.9. The molecule has 1 aromatic heterocycles. The van der Waals surface area contributed by atoms with Crippen LogP contribution in [-0.4, -0.2) is 37.0 Å². The first-order valence-electron chi connectivity index (χ1n) is 8.31. The third kappa shape index (κ3) is 4.94. The van der Waals surface area contributed by atoms with Crippen LogP contribution in [0.5, 0.6) is 0 Å². The number of para-hydroxylation sites is 1. The van der Waals surface area contributed by atoms with Crippen LogP contribution in [0.2, 0.25) is 0 Å². The van der Waals surface area contributed by atoms with Crippen molar-refractivity contribution in [1.29, 1.82) is 0 Å². The van der Waals surface area contributed by atoms with E-state index < -0.39 is 21.5 Å². The summed E-state index contributed by atoms with van der Waals surface area (Å²) in [7, 11) is -1.94. The molecule has 0 aliphatic heterocycles. The fourth-order valence-electron chi connectivity index (χ4n) is 2.63. The summed E-state index contributed by atoms with van der Waals surface area (Å²) in [5, 5.41) is 0.789. The van der Waals surface area contributed by atoms with E-state index in [4.69, 9.17) is 0 Å². The lowest BCUT2D eigenvalue weighted by atomic mass is 10.2. The number of carbonyl (C=O) groups is 1. The number of fused-ring (bicyclic) bond motifs is 1. The molecule has 3 rings (SSSR count). The first-order chi connectivity index (χ1) is 12.7. The van der Waals surface area contributed by atoms with Gasteiger partial charge in [-0.05, 0) is 36.8 Å². The Kier molecular flexibility index (Phi) is 5.98. The summed E-state index contributed by atoms with van der Waals surface area (Å²) in [6.07, 6.45) is 0. The molecule has 1 atom stereocenters. The summed E-state index contributed by atoms with van der Waals surface area (Å²) >= 11 is 4.83. The number of hydrogen-bond acceptors (Lipinski definition) is 5. The van der Waals surface area contributed by atoms with E-state index in [-0.39, 0.29) is 11.8 Å². The lowest BCUT2D eigenvalue weighted by Gasteiger charge is -2.23. The van der Waals surface area contributed by atoms with Gasteiger partial charge in [-0.3, -0.25) is 4.79 Å². The van der Waals surface area contributed by atoms with Crippen LogP contribution >= 0.6 is 27.3 Å². The smallest absolute Gasteiger partial charge is 0.238 e. The number of rotatable bonds is 6. The molecular weight excluding hydrogens is 448 g/mol. The molecule has 0 aliphatic carbocycles. The highest BCUT2D eigenvalue weighted by Gasteiger charge is 2.25. The molecule has 0 saturated heterocycles. The molecule has 2 aromatic carbocycles. The van der Waals surface area contributed by atoms with Crippen LogP contribution in [-0.2, 0) is 20.4 Å². The summed E-state index contributed by atoms with van der Waals surface area (Å²) in [4.78, 5) is 18.6. The number of benzene rings is 2. The number of sulfone groups is 1. The van der Waals surface area contributed by atoms with E-state index in [0.717, 1.165) is 19.7 Å². The van der Waals surface area contributed by atoms with Crippen LogP contribution in [0.3, 0.4) is 0 Å². The van der Waals surface area contributed by atoms with E-state index >= 15 is 0 Å². The lowest BCUT2D eigenvalue weighted by Crippen LogP contribution is -2.34. The summed E-state index contributed by atoms with van der Waals surface area (Å²) in [5.41, 5.74) is 1.54. The highest BCUT2D eigenvalue weighted by molar-refractivity contribution is 9.10. The average molecular weight is 467 g/mol. The Balaban J connectivity index is 1.69. The predicted octanol–water partition coefficient (Wildman–Crippen LogP) is 4.19. The van der Waals surface area contributed by atoms with E-state index in [2.05, 4.69) is 20.9 Å². The van der Waals surface area contributed by atoms with Crippen LogP contribution in [0.25, 0.3) is 10.2 Å². The quantitative estimate of drug-likeness (QED) is 0.545. The fourth-order valence-corrected chi connectivity index (χ4v) is 5.34. The van der Waals surface area contributed by atoms with Crippen molar-refractivity contribution in [3.8, 4) is 0 Å². The molecule has 0 radical (unpaired) electrons. The van der Waals surface area contributed by atoms with Gasteiger partial charge in [-0.15, -0.1) is 11.3 Å². The SMILES string of the molecule is CC(c1nc2ccccc2s1)N(C)C(=O)CS(=O)(=O)Cc1ccc(Br)cc1. The molecule has 0 saturated carbocycles. The average Bonchev–Trinajstić information content (AvgIpc) is 3.06. The second-order valence-electron chi connectivity index (χ2n) is 6.36. The highest BCUT2D eigenvalue weighted by atomic mass is 79.9. The van der Waals surface area contributed by atoms with Crippen LogP contribution in [0.4, 0.5) is 0 Å². The van der Waals surface area contributed by atoms with E-state index in [9.17, 15) is 13.2 Å². The number of aromatic nitrogens is 1. The third-order valence-electron chi connectivity index (χ3n) is 4.29. The summed E-state index contributed by atoms with van der Waals surface area (Å²) in [6.45, 7) is 1.86. The molecule has 1 heterocycles. The Morgan fingerprint density at radius 1 is 1.19 bits per heavy atom. The van der Waals surface area contributed by atoms with Crippen molar-refractivity contribution < 1.29 is 13.2 Å². The molecule has 1 unspecified atom stereocenters. The van der Waals surface area contributed by atoms with Gasteiger partial charge in [-0.2, -0.15) is 0 Å². The molecule has 5 nitrogen and oxygen atoms in total. The van der Waals surface area contributed by atoms with Gasteiger partial charge in [0.1, 0.15) is 10.8 Å². The Hall–Kier alpha value is -1.77. The Labute approximate surface area is 171 Å². The van der Waals surface area contributed by atoms with Crippen molar-refractivity contribution in [2.45, 2.75) is 18.7 Å². The fraction of sp³-hybridized carbons (Fsp3) is 0.263. The van der Waals surface area contributed by atoms with Gasteiger partial charge in [-0.1, -0.05) is 40.2 Å². The van der Waals surface area contributed by atoms with Crippen molar-refractivity contribution in [2.75, 3.05) is 12.8 Å². The number of halogens is 1. The summed E-state index contributed by atoms with van der Waals surface area (Å²) < 4.78 is 26.8. The van der Waals surface area contributed by atoms with E-state index in [1.165, 1.54) is 16.2 Å². The second kappa shape index (κ2) is 8.08. The Morgan fingerprint density at radius 3 is 2.52 bits per heavy atom. The van der Waals surface area contributed by atoms with Crippen molar-refractivity contribution in [1.82, 2.24) is 9.88 Å². The van der Waals surface area contributed by atoms with Gasteiger partial charge in [0.2, 0.25) is 5.91 Å². The van der Waals surface area contributed by atoms with Crippen molar-refractivity contribution in [3.05, 3.63) is 63.6 Å². The summed E-state index contributed by atoms with van der Waals surface area (Å²) in [5.74, 6) is -1.11. The molecular formula is C19H19BrN2O3S2. The monoisotopic (exact) mass is 466 g/mol. The standard InChI is InChI=1S/C19H19BrN2O3S2/c1-13(19-21-16-5-3-4-6-17(16)26-19)22(2)18(23)12-27(24,25)11-14-7-9-15(20)10-8-14/h3-10,13H,11-12H2,1-2H3. The minimum absolute atomic E-state index is 0.157. The van der Waals surface area contributed by atoms with Gasteiger partial charge >= 0.3 is 0 Å². The van der Waals surface area contributed by atoms with Gasteiger partial charge in [0.25, 0.3) is 0 Å². The van der Waals surface area contributed by atoms with Crippen molar-refractivity contribution in [2.24, 2.45) is 0 Å². The van der Waals surface area contributed by atoms with E-state index in [1.54, 1.807) is 31.3 Å². The minimum atomic E-state index is -3.56. The van der Waals surface area contributed by atoms with Gasteiger partial charge < -0.3 is 4.90 Å². The molecule has 8 heteroatoms. The van der Waals surface area contributed by atoms with Gasteiger partial charge in [0.05, 0.1) is 22.0 Å². The van der Waals surface area contributed by atoms with Crippen LogP contribution in [0.1, 0.15) is 23.5 Å². The Bertz CT molecular complexity index is 1030. The highest BCUT2D eigenvalue weighted by Crippen LogP contribution is 2.29. The maximum absolute atomic E-state index is 12.5. The largest absolute Gasteiger partial charge is 0.336 e. The minimum Gasteiger partial charge on any atom is -0.336 e. The molecule has 0 N–H and O–H groups in total. The number of thiazole rings is 1. The maximum Gasteiger partial charge on any atom is 0.238 e. The van der Waals surface area contributed by atoms with Crippen molar-refractivity contribution in [3.63, 3.8) is 0 Å². The molecule has 27 heavy (non-hydrogen) atoms. The Morgan fingerprint density at radius 2 is 1.85 bits per heavy atom. The third-order valence-corrected chi connectivity index (χ3v) is 7.48. The van der Waals surface area contributed by atoms with Gasteiger partial charge in [0, 0.05) is 11.5 Å². The molecule has 1 amide bonds. The lowest BCUT2D eigenvalue weighted by molar-refractivity contribution is -0.129. The van der Waals surface area contributed by atoms with Crippen molar-refractivity contribution >= 4 is 53.2 Å². The number of carbonyl (C=O) groups excluding carboxylic acids is 1. The van der Waals surface area contributed by atoms with Gasteiger partial charge in [0.15, 0.2) is 9.84 Å².